The van der Waals surface area contributed by atoms with Crippen molar-refractivity contribution >= 4 is 12.6 Å². The maximum absolute atomic E-state index is 5.34. The molecule has 2 nitrogen and oxygen atoms in total. The summed E-state index contributed by atoms with van der Waals surface area (Å²) >= 11 is 3.06. The molecule has 0 saturated carbocycles. The summed E-state index contributed by atoms with van der Waals surface area (Å²) in [5, 5.41) is 3.35. The summed E-state index contributed by atoms with van der Waals surface area (Å²) in [7, 11) is 0.449. The molecule has 1 N–H and O–H groups in total. The third kappa shape index (κ3) is 6.23. The number of para-hydroxylation sites is 1. The number of nitrogens with one attached hydrogen (secondary N) is 1. The van der Waals surface area contributed by atoms with Gasteiger partial charge in [-0.2, -0.15) is 0 Å². The molecule has 1 aromatic carbocycles. The maximum atomic E-state index is 5.34. The molecule has 1 aromatic rings. The van der Waals surface area contributed by atoms with Gasteiger partial charge in [-0.15, -0.1) is 0 Å². The van der Waals surface area contributed by atoms with Gasteiger partial charge in [-0.05, 0) is 0 Å². The first kappa shape index (κ1) is 16.2. The van der Waals surface area contributed by atoms with Crippen molar-refractivity contribution in [2.45, 2.75) is 26.1 Å². The van der Waals surface area contributed by atoms with E-state index in [0.717, 1.165) is 28.8 Å². The van der Waals surface area contributed by atoms with Crippen molar-refractivity contribution in [3.8, 4) is 17.2 Å². The zero-order chi connectivity index (χ0) is 14.3. The van der Waals surface area contributed by atoms with Crippen LogP contribution in [0.25, 0.3) is 0 Å². The fourth-order valence-corrected chi connectivity index (χ4v) is 2.57. The fraction of sp³-hybridized carbons (Fsp3) is 0.400. The zero-order valence-electron chi connectivity index (χ0n) is 12.0. The molecule has 0 heterocycles. The second-order valence-electron chi connectivity index (χ2n) is 5.26. The van der Waals surface area contributed by atoms with Crippen LogP contribution in [-0.4, -0.2) is 26.2 Å². The number of benzene rings is 1. The third-order valence-corrected chi connectivity index (χ3v) is 3.85. The monoisotopic (exact) mass is 311 g/mol. The van der Waals surface area contributed by atoms with Crippen LogP contribution >= 0.6 is 0 Å². The first-order valence-corrected chi connectivity index (χ1v) is 10.5. The van der Waals surface area contributed by atoms with Crippen molar-refractivity contribution in [2.75, 3.05) is 13.7 Å². The van der Waals surface area contributed by atoms with Crippen LogP contribution in [0.3, 0.4) is 0 Å². The SMILES string of the molecule is COc1ccccc1[C](=[Cr])NCCC#C[Si](C)(C)C. The Hall–Kier alpha value is -0.841. The van der Waals surface area contributed by atoms with Crippen LogP contribution in [-0.2, 0) is 15.9 Å². The Bertz CT molecular complexity index is 497. The Balaban J connectivity index is 2.50. The molecule has 19 heavy (non-hydrogen) atoms. The Morgan fingerprint density at radius 3 is 2.63 bits per heavy atom. The van der Waals surface area contributed by atoms with Gasteiger partial charge in [0.05, 0.1) is 0 Å². The van der Waals surface area contributed by atoms with Gasteiger partial charge in [0, 0.05) is 0 Å². The van der Waals surface area contributed by atoms with E-state index >= 15 is 0 Å². The van der Waals surface area contributed by atoms with E-state index in [0.29, 0.717) is 0 Å². The van der Waals surface area contributed by atoms with E-state index in [4.69, 9.17) is 4.74 Å². The van der Waals surface area contributed by atoms with Crippen molar-refractivity contribution in [3.05, 3.63) is 29.8 Å². The predicted molar refractivity (Wildman–Crippen MR) is 80.8 cm³/mol. The van der Waals surface area contributed by atoms with Crippen LogP contribution in [0.5, 0.6) is 5.75 Å². The van der Waals surface area contributed by atoms with E-state index in [9.17, 15) is 0 Å². The minimum absolute atomic E-state index is 0.845. The van der Waals surface area contributed by atoms with Crippen LogP contribution in [0.15, 0.2) is 24.3 Å². The molecule has 4 heteroatoms. The number of hydrogen-bond donors (Lipinski definition) is 1. The molecule has 0 amide bonds. The first-order valence-electron chi connectivity index (χ1n) is 6.35. The fourth-order valence-electron chi connectivity index (χ4n) is 1.49. The molecule has 0 atom stereocenters. The number of ether oxygens (including phenoxy) is 1. The topological polar surface area (TPSA) is 21.3 Å². The average Bonchev–Trinajstić information content (AvgIpc) is 2.36. The first-order chi connectivity index (χ1) is 8.94. The van der Waals surface area contributed by atoms with Gasteiger partial charge < -0.3 is 0 Å². The summed E-state index contributed by atoms with van der Waals surface area (Å²) < 4.78 is 6.34. The second-order valence-corrected chi connectivity index (χ2v) is 10.6. The van der Waals surface area contributed by atoms with Gasteiger partial charge in [-0.3, -0.25) is 0 Å². The third-order valence-electron chi connectivity index (χ3n) is 2.35. The summed E-state index contributed by atoms with van der Waals surface area (Å²) in [6.07, 6.45) is 0.866. The summed E-state index contributed by atoms with van der Waals surface area (Å²) in [5.41, 5.74) is 4.42. The van der Waals surface area contributed by atoms with Crippen molar-refractivity contribution in [1.82, 2.24) is 5.32 Å². The molecule has 0 aromatic heterocycles. The van der Waals surface area contributed by atoms with Gasteiger partial charge in [-0.1, -0.05) is 0 Å². The molecule has 0 bridgehead atoms. The zero-order valence-corrected chi connectivity index (χ0v) is 14.3. The van der Waals surface area contributed by atoms with Gasteiger partial charge in [-0.25, -0.2) is 0 Å². The molecule has 0 aliphatic rings. The number of methoxy groups -OCH3 is 1. The van der Waals surface area contributed by atoms with E-state index < -0.39 is 8.07 Å². The molecule has 1 rings (SSSR count). The molecular formula is C15H21CrNOSi. The predicted octanol–water partition coefficient (Wildman–Crippen LogP) is 2.58. The average molecular weight is 311 g/mol. The molecule has 0 unspecified atom stereocenters. The Morgan fingerprint density at radius 2 is 2.00 bits per heavy atom. The van der Waals surface area contributed by atoms with Crippen molar-refractivity contribution in [2.24, 2.45) is 0 Å². The van der Waals surface area contributed by atoms with Crippen molar-refractivity contribution in [1.29, 1.82) is 0 Å². The van der Waals surface area contributed by atoms with Gasteiger partial charge >= 0.3 is 125 Å². The molecule has 0 aliphatic heterocycles. The molecule has 0 fully saturated rings. The van der Waals surface area contributed by atoms with Gasteiger partial charge in [0.1, 0.15) is 0 Å². The van der Waals surface area contributed by atoms with E-state index in [1.165, 1.54) is 0 Å². The van der Waals surface area contributed by atoms with Crippen LogP contribution in [0.2, 0.25) is 19.6 Å². The summed E-state index contributed by atoms with van der Waals surface area (Å²) in [6, 6.07) is 7.96. The van der Waals surface area contributed by atoms with Crippen molar-refractivity contribution in [3.63, 3.8) is 0 Å². The van der Waals surface area contributed by atoms with Crippen LogP contribution in [0.4, 0.5) is 0 Å². The molecule has 102 valence electrons. The Morgan fingerprint density at radius 1 is 1.32 bits per heavy atom. The van der Waals surface area contributed by atoms with E-state index in [2.05, 4.69) is 52.3 Å². The van der Waals surface area contributed by atoms with Crippen LogP contribution < -0.4 is 10.1 Å². The quantitative estimate of drug-likeness (QED) is 0.513. The summed E-state index contributed by atoms with van der Waals surface area (Å²) in [4.78, 5) is 0. The molecule has 0 aliphatic carbocycles. The van der Waals surface area contributed by atoms with Crippen LogP contribution in [0.1, 0.15) is 12.0 Å². The molecule has 0 radical (unpaired) electrons. The molecular weight excluding hydrogens is 290 g/mol. The van der Waals surface area contributed by atoms with Gasteiger partial charge in [0.25, 0.3) is 0 Å². The summed E-state index contributed by atoms with van der Waals surface area (Å²) in [5.74, 6) is 4.12. The van der Waals surface area contributed by atoms with E-state index in [1.807, 2.05) is 24.3 Å². The standard InChI is InChI=1S/C15H21NOSi.Cr/c1-17-15-10-6-5-9-14(15)13-16-11-7-8-12-18(2,3)4;/h5-6,9-10,16H,7,11H2,1-4H3;. The van der Waals surface area contributed by atoms with Gasteiger partial charge in [0.15, 0.2) is 0 Å². The summed E-state index contributed by atoms with van der Waals surface area (Å²) in [6.45, 7) is 7.62. The van der Waals surface area contributed by atoms with Gasteiger partial charge in [0.2, 0.25) is 0 Å². The Labute approximate surface area is 125 Å². The molecule has 0 spiro atoms. The van der Waals surface area contributed by atoms with E-state index in [-0.39, 0.29) is 0 Å². The number of hydrogen-bond acceptors (Lipinski definition) is 2. The van der Waals surface area contributed by atoms with Crippen molar-refractivity contribution < 1.29 is 20.6 Å². The number of rotatable bonds is 5. The Kier molecular flexibility index (Phi) is 6.55. The minimum atomic E-state index is -1.24. The molecule has 0 saturated heterocycles. The van der Waals surface area contributed by atoms with Crippen LogP contribution in [0, 0.1) is 11.5 Å². The normalized spacial score (nSPS) is 10.5. The van der Waals surface area contributed by atoms with E-state index in [1.54, 1.807) is 7.11 Å². The second kappa shape index (κ2) is 7.68.